The summed E-state index contributed by atoms with van der Waals surface area (Å²) in [4.78, 5) is 20.1. The largest absolute Gasteiger partial charge is 0.350 e. The van der Waals surface area contributed by atoms with Crippen molar-refractivity contribution in [3.63, 3.8) is 0 Å². The number of fused-ring (bicyclic) bond motifs is 2. The molecule has 1 aliphatic heterocycles. The van der Waals surface area contributed by atoms with Crippen LogP contribution in [0.4, 0.5) is 0 Å². The van der Waals surface area contributed by atoms with E-state index in [4.69, 9.17) is 0 Å². The Morgan fingerprint density at radius 3 is 2.67 bits per heavy atom. The minimum absolute atomic E-state index is 0.0792. The fraction of sp³-hybridized carbons (Fsp3) is 0.226. The Hall–Kier alpha value is -3.54. The van der Waals surface area contributed by atoms with Crippen molar-refractivity contribution in [3.8, 4) is 10.6 Å². The predicted molar refractivity (Wildman–Crippen MR) is 149 cm³/mol. The van der Waals surface area contributed by atoms with Gasteiger partial charge in [-0.05, 0) is 58.5 Å². The van der Waals surface area contributed by atoms with Crippen LogP contribution in [0.2, 0.25) is 0 Å². The third-order valence-electron chi connectivity index (χ3n) is 7.16. The molecule has 0 saturated carbocycles. The summed E-state index contributed by atoms with van der Waals surface area (Å²) in [6.07, 6.45) is 2.31. The quantitative estimate of drug-likeness (QED) is 0.285. The van der Waals surface area contributed by atoms with Crippen LogP contribution < -0.4 is 5.32 Å². The Kier molecular flexibility index (Phi) is 6.50. The number of piperidine rings is 1. The highest BCUT2D eigenvalue weighted by Crippen LogP contribution is 2.28. The van der Waals surface area contributed by atoms with Crippen LogP contribution in [0.1, 0.15) is 28.9 Å². The second kappa shape index (κ2) is 10.2. The van der Waals surface area contributed by atoms with E-state index in [0.29, 0.717) is 18.2 Å². The van der Waals surface area contributed by atoms with Gasteiger partial charge in [-0.2, -0.15) is 0 Å². The maximum atomic E-state index is 12.9. The summed E-state index contributed by atoms with van der Waals surface area (Å²) in [7, 11) is 0. The molecule has 0 bridgehead atoms. The predicted octanol–water partition coefficient (Wildman–Crippen LogP) is 6.76. The van der Waals surface area contributed by atoms with Gasteiger partial charge in [0, 0.05) is 30.6 Å². The van der Waals surface area contributed by atoms with Crippen LogP contribution in [-0.4, -0.2) is 35.4 Å². The van der Waals surface area contributed by atoms with Gasteiger partial charge in [0.1, 0.15) is 10.7 Å². The lowest BCUT2D eigenvalue weighted by molar-refractivity contribution is 0.0926. The molecule has 1 fully saturated rings. The van der Waals surface area contributed by atoms with Gasteiger partial charge in [0.25, 0.3) is 5.91 Å². The van der Waals surface area contributed by atoms with E-state index in [2.05, 4.69) is 88.0 Å². The molecule has 1 amide bonds. The zero-order valence-electron chi connectivity index (χ0n) is 20.2. The Balaban J connectivity index is 1.07. The van der Waals surface area contributed by atoms with E-state index in [1.54, 1.807) is 0 Å². The summed E-state index contributed by atoms with van der Waals surface area (Å²) in [6.45, 7) is 3.75. The number of thiazole rings is 1. The molecular weight excluding hydrogens is 462 g/mol. The fourth-order valence-electron chi connectivity index (χ4n) is 5.29. The Labute approximate surface area is 215 Å². The molecule has 6 rings (SSSR count). The molecule has 1 atom stereocenters. The first-order valence-corrected chi connectivity index (χ1v) is 13.5. The maximum Gasteiger partial charge on any atom is 0.270 e. The van der Waals surface area contributed by atoms with Crippen molar-refractivity contribution in [2.45, 2.75) is 19.4 Å². The molecule has 0 unspecified atom stereocenters. The van der Waals surface area contributed by atoms with Gasteiger partial charge in [0.15, 0.2) is 0 Å². The zero-order valence-corrected chi connectivity index (χ0v) is 21.0. The van der Waals surface area contributed by atoms with Crippen molar-refractivity contribution in [3.05, 3.63) is 102 Å². The minimum Gasteiger partial charge on any atom is -0.350 e. The first-order valence-electron chi connectivity index (χ1n) is 12.6. The number of nitrogens with one attached hydrogen (secondary N) is 1. The van der Waals surface area contributed by atoms with Crippen molar-refractivity contribution in [1.82, 2.24) is 15.2 Å². The summed E-state index contributed by atoms with van der Waals surface area (Å²) in [6, 6.07) is 29.8. The summed E-state index contributed by atoms with van der Waals surface area (Å²) >= 11 is 1.52. The van der Waals surface area contributed by atoms with E-state index in [-0.39, 0.29) is 5.91 Å². The molecule has 1 saturated heterocycles. The van der Waals surface area contributed by atoms with Crippen LogP contribution in [0, 0.1) is 5.92 Å². The normalized spacial score (nSPS) is 16.4. The summed E-state index contributed by atoms with van der Waals surface area (Å²) in [5.74, 6) is 0.376. The van der Waals surface area contributed by atoms with Gasteiger partial charge < -0.3 is 5.32 Å². The second-order valence-electron chi connectivity index (χ2n) is 9.69. The van der Waals surface area contributed by atoms with Gasteiger partial charge >= 0.3 is 0 Å². The number of likely N-dealkylation sites (tertiary alicyclic amines) is 1. The third-order valence-corrected chi connectivity index (χ3v) is 8.05. The number of carbonyl (C=O) groups excluding carboxylic acids is 1. The molecule has 5 aromatic rings. The van der Waals surface area contributed by atoms with E-state index < -0.39 is 0 Å². The number of aromatic nitrogens is 1. The molecule has 5 heteroatoms. The number of carbonyl (C=O) groups is 1. The highest BCUT2D eigenvalue weighted by Gasteiger charge is 2.22. The lowest BCUT2D eigenvalue weighted by atomic mass is 9.96. The highest BCUT2D eigenvalue weighted by molar-refractivity contribution is 7.13. The topological polar surface area (TPSA) is 45.2 Å². The van der Waals surface area contributed by atoms with Crippen LogP contribution in [0.5, 0.6) is 0 Å². The molecule has 4 nitrogen and oxygen atoms in total. The molecule has 180 valence electrons. The number of hydrogen-bond acceptors (Lipinski definition) is 4. The van der Waals surface area contributed by atoms with E-state index in [9.17, 15) is 4.79 Å². The highest BCUT2D eigenvalue weighted by atomic mass is 32.1. The molecule has 0 spiro atoms. The molecule has 1 N–H and O–H groups in total. The maximum absolute atomic E-state index is 12.9. The average molecular weight is 492 g/mol. The van der Waals surface area contributed by atoms with Crippen molar-refractivity contribution in [2.75, 3.05) is 19.6 Å². The van der Waals surface area contributed by atoms with Gasteiger partial charge in [0.05, 0.1) is 0 Å². The molecule has 4 aromatic carbocycles. The minimum atomic E-state index is -0.0792. The van der Waals surface area contributed by atoms with E-state index in [1.807, 2.05) is 17.5 Å². The second-order valence-corrected chi connectivity index (χ2v) is 10.5. The van der Waals surface area contributed by atoms with E-state index >= 15 is 0 Å². The van der Waals surface area contributed by atoms with Crippen LogP contribution in [-0.2, 0) is 6.54 Å². The van der Waals surface area contributed by atoms with Gasteiger partial charge in [-0.25, -0.2) is 4.98 Å². The van der Waals surface area contributed by atoms with Crippen molar-refractivity contribution >= 4 is 38.8 Å². The van der Waals surface area contributed by atoms with Crippen molar-refractivity contribution in [2.24, 2.45) is 5.92 Å². The number of benzene rings is 4. The lowest BCUT2D eigenvalue weighted by Crippen LogP contribution is -2.40. The Bertz CT molecular complexity index is 1520. The number of amides is 1. The fourth-order valence-corrected chi connectivity index (χ4v) is 6.09. The number of rotatable bonds is 6. The van der Waals surface area contributed by atoms with Gasteiger partial charge in [-0.3, -0.25) is 9.69 Å². The molecule has 36 heavy (non-hydrogen) atoms. The SMILES string of the molecule is O=C(NC[C@@H]1CCCN(Cc2cccc3ccccc23)C1)c1csc(-c2ccc3ccccc3c2)n1. The molecule has 1 aromatic heterocycles. The molecule has 2 heterocycles. The Morgan fingerprint density at radius 1 is 0.944 bits per heavy atom. The van der Waals surface area contributed by atoms with E-state index in [0.717, 1.165) is 43.0 Å². The first kappa shape index (κ1) is 22.9. The zero-order chi connectivity index (χ0) is 24.3. The number of nitrogens with zero attached hydrogens (tertiary/aromatic N) is 2. The van der Waals surface area contributed by atoms with Crippen LogP contribution in [0.3, 0.4) is 0 Å². The van der Waals surface area contributed by atoms with Crippen molar-refractivity contribution < 1.29 is 4.79 Å². The average Bonchev–Trinajstić information content (AvgIpc) is 3.43. The summed E-state index contributed by atoms with van der Waals surface area (Å²) in [5, 5.41) is 10.9. The standard InChI is InChI=1S/C31H29N3OS/c35-30(29-21-36-31(33-29)26-15-14-23-8-1-2-10-25(23)17-26)32-18-22-7-6-16-34(19-22)20-27-12-5-11-24-9-3-4-13-28(24)27/h1-5,8-15,17,21-22H,6-7,16,18-20H2,(H,32,35)/t22-/m0/s1. The lowest BCUT2D eigenvalue weighted by Gasteiger charge is -2.33. The van der Waals surface area contributed by atoms with E-state index in [1.165, 1.54) is 38.4 Å². The molecule has 0 radical (unpaired) electrons. The monoisotopic (exact) mass is 491 g/mol. The third kappa shape index (κ3) is 4.90. The Morgan fingerprint density at radius 2 is 1.75 bits per heavy atom. The van der Waals surface area contributed by atoms with Crippen LogP contribution in [0.25, 0.3) is 32.1 Å². The van der Waals surface area contributed by atoms with Crippen LogP contribution in [0.15, 0.2) is 90.3 Å². The van der Waals surface area contributed by atoms with Crippen LogP contribution >= 0.6 is 11.3 Å². The van der Waals surface area contributed by atoms with Gasteiger partial charge in [0.2, 0.25) is 0 Å². The first-order chi connectivity index (χ1) is 17.7. The van der Waals surface area contributed by atoms with Gasteiger partial charge in [-0.15, -0.1) is 11.3 Å². The summed E-state index contributed by atoms with van der Waals surface area (Å²) in [5.41, 5.74) is 2.93. The van der Waals surface area contributed by atoms with Gasteiger partial charge in [-0.1, -0.05) is 78.9 Å². The molecule has 0 aliphatic carbocycles. The number of hydrogen-bond donors (Lipinski definition) is 1. The molecule has 1 aliphatic rings. The van der Waals surface area contributed by atoms with Crippen molar-refractivity contribution in [1.29, 1.82) is 0 Å². The summed E-state index contributed by atoms with van der Waals surface area (Å²) < 4.78 is 0. The smallest absolute Gasteiger partial charge is 0.270 e. The molecular formula is C31H29N3OS.